The van der Waals surface area contributed by atoms with Gasteiger partial charge < -0.3 is 0 Å². The van der Waals surface area contributed by atoms with E-state index in [0.29, 0.717) is 11.3 Å². The monoisotopic (exact) mass is 182 g/mol. The van der Waals surface area contributed by atoms with Gasteiger partial charge in [-0.05, 0) is 18.9 Å². The van der Waals surface area contributed by atoms with Crippen molar-refractivity contribution in [2.75, 3.05) is 0 Å². The smallest absolute Gasteiger partial charge is 0.0486 e. The van der Waals surface area contributed by atoms with E-state index in [-0.39, 0.29) is 0 Å². The maximum Gasteiger partial charge on any atom is 0.0486 e. The Morgan fingerprint density at radius 3 is 2.92 bits per heavy atom. The van der Waals surface area contributed by atoms with Gasteiger partial charge in [0.05, 0.1) is 0 Å². The van der Waals surface area contributed by atoms with Crippen molar-refractivity contribution in [2.45, 2.75) is 38.0 Å². The Kier molecular flexibility index (Phi) is 4.25. The number of hydrogen-bond donors (Lipinski definition) is 0. The first kappa shape index (κ1) is 9.68. The molecule has 0 unspecified atom stereocenters. The third-order valence-electron chi connectivity index (χ3n) is 1.91. The normalized spacial score (nSPS) is 26.8. The molecule has 0 amide bonds. The van der Waals surface area contributed by atoms with Gasteiger partial charge in [-0.15, -0.1) is 11.6 Å². The van der Waals surface area contributed by atoms with Crippen molar-refractivity contribution in [3.05, 3.63) is 12.2 Å². The number of unbranched alkanes of at least 4 members (excludes halogenated alkanes) is 2. The van der Waals surface area contributed by atoms with Crippen LogP contribution in [0, 0.1) is 17.8 Å². The number of rotatable bonds is 3. The molecule has 0 aromatic carbocycles. The van der Waals surface area contributed by atoms with Crippen molar-refractivity contribution in [1.29, 1.82) is 0 Å². The van der Waals surface area contributed by atoms with Crippen molar-refractivity contribution in [3.63, 3.8) is 0 Å². The van der Waals surface area contributed by atoms with Crippen LogP contribution in [-0.2, 0) is 0 Å². The third-order valence-corrected chi connectivity index (χ3v) is 2.39. The Morgan fingerprint density at radius 1 is 1.58 bits per heavy atom. The molecular weight excluding hydrogens is 168 g/mol. The summed E-state index contributed by atoms with van der Waals surface area (Å²) >= 11 is 5.79. The second-order valence-electron chi connectivity index (χ2n) is 3.19. The van der Waals surface area contributed by atoms with Crippen LogP contribution < -0.4 is 0 Å². The van der Waals surface area contributed by atoms with E-state index in [1.807, 2.05) is 6.08 Å². The van der Waals surface area contributed by atoms with Crippen LogP contribution in [0.15, 0.2) is 12.2 Å². The summed E-state index contributed by atoms with van der Waals surface area (Å²) in [5.74, 6) is 6.61. The SMILES string of the molecule is CCCC/C=C/C#C[C@@H]1C[C@H]1Cl. The number of alkyl halides is 1. The molecule has 0 aromatic rings. The predicted molar refractivity (Wildman–Crippen MR) is 54.2 cm³/mol. The fraction of sp³-hybridized carbons (Fsp3) is 0.636. The Balaban J connectivity index is 2.06. The number of hydrogen-bond acceptors (Lipinski definition) is 0. The average molecular weight is 183 g/mol. The minimum Gasteiger partial charge on any atom is -0.122 e. The van der Waals surface area contributed by atoms with Crippen molar-refractivity contribution >= 4 is 11.6 Å². The van der Waals surface area contributed by atoms with Crippen LogP contribution in [0.4, 0.5) is 0 Å². The summed E-state index contributed by atoms with van der Waals surface area (Å²) in [6.45, 7) is 2.20. The van der Waals surface area contributed by atoms with Crippen molar-refractivity contribution in [1.82, 2.24) is 0 Å². The van der Waals surface area contributed by atoms with E-state index in [1.54, 1.807) is 0 Å². The molecule has 0 radical (unpaired) electrons. The molecule has 66 valence electrons. The molecule has 1 fully saturated rings. The lowest BCUT2D eigenvalue weighted by atomic mass is 10.2. The fourth-order valence-corrected chi connectivity index (χ4v) is 1.19. The van der Waals surface area contributed by atoms with Gasteiger partial charge in [-0.3, -0.25) is 0 Å². The number of halogens is 1. The maximum absolute atomic E-state index is 5.79. The van der Waals surface area contributed by atoms with E-state index < -0.39 is 0 Å². The molecule has 0 bridgehead atoms. The fourth-order valence-electron chi connectivity index (χ4n) is 0.933. The van der Waals surface area contributed by atoms with Crippen LogP contribution in [0.1, 0.15) is 32.6 Å². The second kappa shape index (κ2) is 5.27. The van der Waals surface area contributed by atoms with Gasteiger partial charge >= 0.3 is 0 Å². The van der Waals surface area contributed by atoms with Crippen LogP contribution >= 0.6 is 11.6 Å². The van der Waals surface area contributed by atoms with Crippen molar-refractivity contribution in [2.24, 2.45) is 5.92 Å². The zero-order valence-electron chi connectivity index (χ0n) is 7.52. The van der Waals surface area contributed by atoms with Gasteiger partial charge in [0.15, 0.2) is 0 Å². The first-order valence-corrected chi connectivity index (χ1v) is 5.08. The maximum atomic E-state index is 5.79. The van der Waals surface area contributed by atoms with Gasteiger partial charge in [-0.1, -0.05) is 37.7 Å². The van der Waals surface area contributed by atoms with E-state index in [1.165, 1.54) is 12.8 Å². The largest absolute Gasteiger partial charge is 0.122 e. The summed E-state index contributed by atoms with van der Waals surface area (Å²) in [4.78, 5) is 0. The number of allylic oxidation sites excluding steroid dienone is 2. The summed E-state index contributed by atoms with van der Waals surface area (Å²) < 4.78 is 0. The Bertz CT molecular complexity index is 207. The highest BCUT2D eigenvalue weighted by Gasteiger charge is 2.33. The lowest BCUT2D eigenvalue weighted by molar-refractivity contribution is 0.815. The van der Waals surface area contributed by atoms with Crippen LogP contribution in [0.2, 0.25) is 0 Å². The summed E-state index contributed by atoms with van der Waals surface area (Å²) in [5.41, 5.74) is 0. The third kappa shape index (κ3) is 3.83. The van der Waals surface area contributed by atoms with Gasteiger partial charge in [0.1, 0.15) is 0 Å². The molecule has 0 aliphatic heterocycles. The molecular formula is C11H15Cl. The predicted octanol–water partition coefficient (Wildman–Crippen LogP) is 3.36. The van der Waals surface area contributed by atoms with Gasteiger partial charge in [0, 0.05) is 11.3 Å². The molecule has 0 N–H and O–H groups in total. The molecule has 1 aliphatic rings. The van der Waals surface area contributed by atoms with Crippen LogP contribution in [0.3, 0.4) is 0 Å². The van der Waals surface area contributed by atoms with E-state index in [0.717, 1.165) is 12.8 Å². The standard InChI is InChI=1S/C11H15Cl/c1-2-3-4-5-6-7-8-10-9-11(10)12/h5-6,10-11H,2-4,9H2,1H3/b6-5+/t10-,11-/m1/s1. The first-order chi connectivity index (χ1) is 5.84. The zero-order chi connectivity index (χ0) is 8.81. The molecule has 1 saturated carbocycles. The van der Waals surface area contributed by atoms with Gasteiger partial charge in [-0.25, -0.2) is 0 Å². The molecule has 2 atom stereocenters. The first-order valence-electron chi connectivity index (χ1n) is 4.64. The minimum atomic E-state index is 0.335. The quantitative estimate of drug-likeness (QED) is 0.357. The lowest BCUT2D eigenvalue weighted by Crippen LogP contribution is -1.70. The van der Waals surface area contributed by atoms with Crippen LogP contribution in [0.5, 0.6) is 0 Å². The van der Waals surface area contributed by atoms with Crippen LogP contribution in [0.25, 0.3) is 0 Å². The molecule has 0 saturated heterocycles. The molecule has 12 heavy (non-hydrogen) atoms. The molecule has 1 heteroatoms. The summed E-state index contributed by atoms with van der Waals surface area (Å²) in [5, 5.41) is 0.335. The van der Waals surface area contributed by atoms with Gasteiger partial charge in [-0.2, -0.15) is 0 Å². The molecule has 0 spiro atoms. The van der Waals surface area contributed by atoms with Gasteiger partial charge in [0.25, 0.3) is 0 Å². The summed E-state index contributed by atoms with van der Waals surface area (Å²) in [6, 6.07) is 0. The molecule has 0 nitrogen and oxygen atoms in total. The minimum absolute atomic E-state index is 0.335. The average Bonchev–Trinajstić information content (AvgIpc) is 2.74. The molecule has 0 heterocycles. The van der Waals surface area contributed by atoms with E-state index in [9.17, 15) is 0 Å². The van der Waals surface area contributed by atoms with Gasteiger partial charge in [0.2, 0.25) is 0 Å². The topological polar surface area (TPSA) is 0 Å². The second-order valence-corrected chi connectivity index (χ2v) is 3.75. The molecule has 1 rings (SSSR count). The summed E-state index contributed by atoms with van der Waals surface area (Å²) in [7, 11) is 0. The highest BCUT2D eigenvalue weighted by molar-refractivity contribution is 6.22. The Morgan fingerprint density at radius 2 is 2.33 bits per heavy atom. The molecule has 0 aromatic heterocycles. The lowest BCUT2D eigenvalue weighted by Gasteiger charge is -1.84. The van der Waals surface area contributed by atoms with Crippen LogP contribution in [-0.4, -0.2) is 5.38 Å². The van der Waals surface area contributed by atoms with Crippen molar-refractivity contribution in [3.8, 4) is 11.8 Å². The highest BCUT2D eigenvalue weighted by Crippen LogP contribution is 2.34. The Labute approximate surface area is 80.0 Å². The van der Waals surface area contributed by atoms with E-state index >= 15 is 0 Å². The highest BCUT2D eigenvalue weighted by atomic mass is 35.5. The van der Waals surface area contributed by atoms with E-state index in [2.05, 4.69) is 24.8 Å². The zero-order valence-corrected chi connectivity index (χ0v) is 8.27. The Hall–Kier alpha value is -0.410. The summed E-state index contributed by atoms with van der Waals surface area (Å²) in [6.07, 6.45) is 8.85. The van der Waals surface area contributed by atoms with Crippen molar-refractivity contribution < 1.29 is 0 Å². The molecule has 1 aliphatic carbocycles. The van der Waals surface area contributed by atoms with E-state index in [4.69, 9.17) is 11.6 Å².